The number of halogens is 1. The van der Waals surface area contributed by atoms with Gasteiger partial charge in [0.25, 0.3) is 0 Å². The third-order valence-electron chi connectivity index (χ3n) is 3.81. The van der Waals surface area contributed by atoms with Gasteiger partial charge in [-0.05, 0) is 23.0 Å². The van der Waals surface area contributed by atoms with Gasteiger partial charge in [-0.1, -0.05) is 22.6 Å². The van der Waals surface area contributed by atoms with E-state index in [4.69, 9.17) is 9.47 Å². The van der Waals surface area contributed by atoms with Crippen LogP contribution in [0.15, 0.2) is 10.2 Å². The second kappa shape index (κ2) is 7.28. The van der Waals surface area contributed by atoms with Gasteiger partial charge >= 0.3 is 0 Å². The van der Waals surface area contributed by atoms with Crippen LogP contribution in [0.1, 0.15) is 19.3 Å². The highest BCUT2D eigenvalue weighted by Gasteiger charge is 2.49. The molecule has 0 aliphatic carbocycles. The van der Waals surface area contributed by atoms with Crippen molar-refractivity contribution in [3.05, 3.63) is 10.2 Å². The summed E-state index contributed by atoms with van der Waals surface area (Å²) in [6, 6.07) is 0. The number of carbonyl (C=O) groups is 1. The van der Waals surface area contributed by atoms with Crippen molar-refractivity contribution in [1.82, 2.24) is 0 Å². The molecule has 3 N–H and O–H groups in total. The minimum Gasteiger partial charge on any atom is -0.387 e. The Labute approximate surface area is 130 Å². The van der Waals surface area contributed by atoms with Crippen molar-refractivity contribution in [3.63, 3.8) is 0 Å². The van der Waals surface area contributed by atoms with E-state index >= 15 is 0 Å². The van der Waals surface area contributed by atoms with E-state index in [1.807, 2.05) is 22.6 Å². The van der Waals surface area contributed by atoms with Crippen molar-refractivity contribution in [2.75, 3.05) is 0 Å². The molecule has 0 aromatic carbocycles. The fourth-order valence-corrected chi connectivity index (χ4v) is 3.18. The molecule has 114 valence electrons. The second-order valence-electron chi connectivity index (χ2n) is 5.13. The Morgan fingerprint density at radius 3 is 2.65 bits per heavy atom. The van der Waals surface area contributed by atoms with Crippen LogP contribution >= 0.6 is 22.6 Å². The van der Waals surface area contributed by atoms with E-state index in [-0.39, 0.29) is 18.6 Å². The molecule has 7 atom stereocenters. The molecule has 7 heteroatoms. The average molecular weight is 398 g/mol. The SMILES string of the molecule is O=CCC1CCC2OC(C(O)/C=C/I)C(O)C(O)[C@H]2O1. The van der Waals surface area contributed by atoms with Crippen LogP contribution in [0.5, 0.6) is 0 Å². The monoisotopic (exact) mass is 398 g/mol. The predicted octanol–water partition coefficient (Wildman–Crippen LogP) is -0.0782. The maximum absolute atomic E-state index is 10.5. The van der Waals surface area contributed by atoms with E-state index in [1.165, 1.54) is 6.08 Å². The van der Waals surface area contributed by atoms with E-state index in [0.29, 0.717) is 12.8 Å². The lowest BCUT2D eigenvalue weighted by Gasteiger charge is -2.47. The molecule has 0 amide bonds. The van der Waals surface area contributed by atoms with Gasteiger partial charge < -0.3 is 29.6 Å². The summed E-state index contributed by atoms with van der Waals surface area (Å²) in [6.07, 6.45) is -1.64. The number of aliphatic hydroxyl groups is 3. The molecule has 2 aliphatic heterocycles. The van der Waals surface area contributed by atoms with Gasteiger partial charge in [-0.15, -0.1) is 0 Å². The van der Waals surface area contributed by atoms with Crippen LogP contribution in [0.4, 0.5) is 0 Å². The number of ether oxygens (including phenoxy) is 2. The third-order valence-corrected chi connectivity index (χ3v) is 4.23. The van der Waals surface area contributed by atoms with Crippen molar-refractivity contribution in [2.45, 2.75) is 62.0 Å². The molecule has 2 heterocycles. The van der Waals surface area contributed by atoms with Gasteiger partial charge in [-0.3, -0.25) is 0 Å². The van der Waals surface area contributed by atoms with Gasteiger partial charge in [0, 0.05) is 6.42 Å². The highest BCUT2D eigenvalue weighted by molar-refractivity contribution is 14.1. The molecule has 6 unspecified atom stereocenters. The molecule has 2 rings (SSSR count). The average Bonchev–Trinajstić information content (AvgIpc) is 2.44. The van der Waals surface area contributed by atoms with E-state index in [0.717, 1.165) is 6.29 Å². The van der Waals surface area contributed by atoms with Crippen molar-refractivity contribution in [1.29, 1.82) is 0 Å². The molecular weight excluding hydrogens is 379 g/mol. The van der Waals surface area contributed by atoms with Crippen molar-refractivity contribution in [2.24, 2.45) is 0 Å². The fraction of sp³-hybridized carbons (Fsp3) is 0.769. The number of fused-ring (bicyclic) bond motifs is 1. The van der Waals surface area contributed by atoms with Crippen LogP contribution in [0.2, 0.25) is 0 Å². The van der Waals surface area contributed by atoms with Gasteiger partial charge in [-0.2, -0.15) is 0 Å². The van der Waals surface area contributed by atoms with Gasteiger partial charge in [0.2, 0.25) is 0 Å². The third kappa shape index (κ3) is 3.40. The first-order valence-corrected chi connectivity index (χ1v) is 7.88. The first kappa shape index (κ1) is 16.3. The fourth-order valence-electron chi connectivity index (χ4n) is 2.76. The molecule has 0 saturated carbocycles. The van der Waals surface area contributed by atoms with E-state index in [2.05, 4.69) is 0 Å². The Bertz CT molecular complexity index is 361. The maximum Gasteiger partial charge on any atom is 0.122 e. The second-order valence-corrected chi connectivity index (χ2v) is 5.85. The van der Waals surface area contributed by atoms with E-state index in [1.54, 1.807) is 4.08 Å². The van der Waals surface area contributed by atoms with Crippen LogP contribution in [0.3, 0.4) is 0 Å². The lowest BCUT2D eigenvalue weighted by Crippen LogP contribution is -2.63. The molecule has 2 saturated heterocycles. The van der Waals surface area contributed by atoms with Crippen molar-refractivity contribution < 1.29 is 29.6 Å². The van der Waals surface area contributed by atoms with Gasteiger partial charge in [0.1, 0.15) is 36.8 Å². The number of carbonyl (C=O) groups excluding carboxylic acids is 1. The number of rotatable bonds is 4. The summed E-state index contributed by atoms with van der Waals surface area (Å²) in [4.78, 5) is 10.5. The first-order chi connectivity index (χ1) is 9.58. The summed E-state index contributed by atoms with van der Waals surface area (Å²) in [5.41, 5.74) is 0. The molecule has 0 radical (unpaired) electrons. The highest BCUT2D eigenvalue weighted by Crippen LogP contribution is 2.33. The zero-order chi connectivity index (χ0) is 14.7. The Hall–Kier alpha value is -0.0600. The maximum atomic E-state index is 10.5. The Morgan fingerprint density at radius 1 is 1.25 bits per heavy atom. The normalized spacial score (nSPS) is 43.2. The molecule has 2 fully saturated rings. The van der Waals surface area contributed by atoms with Gasteiger partial charge in [0.05, 0.1) is 12.2 Å². The summed E-state index contributed by atoms with van der Waals surface area (Å²) >= 11 is 1.96. The van der Waals surface area contributed by atoms with Gasteiger partial charge in [-0.25, -0.2) is 0 Å². The molecule has 6 nitrogen and oxygen atoms in total. The van der Waals surface area contributed by atoms with Crippen LogP contribution in [-0.2, 0) is 14.3 Å². The smallest absolute Gasteiger partial charge is 0.122 e. The molecule has 0 aromatic heterocycles. The Balaban J connectivity index is 2.06. The van der Waals surface area contributed by atoms with Crippen LogP contribution in [0, 0.1) is 0 Å². The van der Waals surface area contributed by atoms with E-state index < -0.39 is 30.5 Å². The summed E-state index contributed by atoms with van der Waals surface area (Å²) in [7, 11) is 0. The quantitative estimate of drug-likeness (QED) is 0.453. The number of hydrogen-bond donors (Lipinski definition) is 3. The molecule has 0 aromatic rings. The van der Waals surface area contributed by atoms with Crippen molar-refractivity contribution >= 4 is 28.9 Å². The number of aldehydes is 1. The Morgan fingerprint density at radius 2 is 2.00 bits per heavy atom. The van der Waals surface area contributed by atoms with Crippen LogP contribution in [-0.4, -0.2) is 64.3 Å². The molecule has 0 bridgehead atoms. The summed E-state index contributed by atoms with van der Waals surface area (Å²) in [6.45, 7) is 0. The zero-order valence-corrected chi connectivity index (χ0v) is 13.0. The van der Waals surface area contributed by atoms with Gasteiger partial charge in [0.15, 0.2) is 0 Å². The predicted molar refractivity (Wildman–Crippen MR) is 78.4 cm³/mol. The summed E-state index contributed by atoms with van der Waals surface area (Å²) in [5.74, 6) is 0. The van der Waals surface area contributed by atoms with Crippen LogP contribution in [0.25, 0.3) is 0 Å². The standard InChI is InChI=1S/C13H19IO6/c14-5-3-8(16)12-10(17)11(18)13-9(20-12)2-1-7(19-13)4-6-15/h3,5-13,16-18H,1-2,4H2/b5-3+/t7?,8?,9?,10?,11?,12?,13-/m0/s1. The lowest BCUT2D eigenvalue weighted by molar-refractivity contribution is -0.273. The molecular formula is C13H19IO6. The molecule has 0 spiro atoms. The minimum absolute atomic E-state index is 0.241. The number of aliphatic hydroxyl groups excluding tert-OH is 3. The summed E-state index contributed by atoms with van der Waals surface area (Å²) < 4.78 is 13.0. The topological polar surface area (TPSA) is 96.2 Å². The molecule has 2 aliphatic rings. The summed E-state index contributed by atoms with van der Waals surface area (Å²) in [5, 5.41) is 30.1. The van der Waals surface area contributed by atoms with E-state index in [9.17, 15) is 20.1 Å². The van der Waals surface area contributed by atoms with Crippen LogP contribution < -0.4 is 0 Å². The zero-order valence-electron chi connectivity index (χ0n) is 10.8. The number of hydrogen-bond acceptors (Lipinski definition) is 6. The lowest BCUT2D eigenvalue weighted by atomic mass is 9.87. The van der Waals surface area contributed by atoms with Crippen molar-refractivity contribution in [3.8, 4) is 0 Å². The Kier molecular flexibility index (Phi) is 5.94. The largest absolute Gasteiger partial charge is 0.387 e. The first-order valence-electron chi connectivity index (χ1n) is 6.64. The highest BCUT2D eigenvalue weighted by atomic mass is 127. The minimum atomic E-state index is -1.23. The molecule has 20 heavy (non-hydrogen) atoms.